The second kappa shape index (κ2) is 11.9. The lowest BCUT2D eigenvalue weighted by molar-refractivity contribution is -0.139. The maximum Gasteiger partial charge on any atom is 0.295 e. The molecule has 8 heteroatoms. The Morgan fingerprint density at radius 3 is 2.06 bits per heavy atom. The number of methoxy groups -OCH3 is 2. The summed E-state index contributed by atoms with van der Waals surface area (Å²) in [5, 5.41) is 11.5. The fourth-order valence-corrected chi connectivity index (χ4v) is 4.69. The van der Waals surface area contributed by atoms with E-state index in [-0.39, 0.29) is 16.9 Å². The Hall–Kier alpha value is -3.52. The average molecular weight is 496 g/mol. The first kappa shape index (κ1) is 27.1. The summed E-state index contributed by atoms with van der Waals surface area (Å²) in [6.07, 6.45) is 0.687. The van der Waals surface area contributed by atoms with Crippen LogP contribution < -0.4 is 14.4 Å². The van der Waals surface area contributed by atoms with Crippen molar-refractivity contribution in [1.29, 1.82) is 0 Å². The molecule has 2 aromatic rings. The van der Waals surface area contributed by atoms with Crippen molar-refractivity contribution in [3.05, 3.63) is 59.2 Å². The number of likely N-dealkylation sites (tertiary alicyclic amines) is 1. The number of carbonyl (C=O) groups is 2. The molecule has 1 unspecified atom stereocenters. The number of ether oxygens (including phenoxy) is 2. The van der Waals surface area contributed by atoms with Crippen molar-refractivity contribution >= 4 is 23.1 Å². The number of hydrogen-bond acceptors (Lipinski definition) is 7. The molecule has 0 radical (unpaired) electrons. The van der Waals surface area contributed by atoms with Gasteiger partial charge in [0.05, 0.1) is 25.8 Å². The lowest BCUT2D eigenvalue weighted by atomic mass is 9.94. The highest BCUT2D eigenvalue weighted by molar-refractivity contribution is 6.46. The van der Waals surface area contributed by atoms with Crippen molar-refractivity contribution in [3.63, 3.8) is 0 Å². The number of amides is 1. The van der Waals surface area contributed by atoms with E-state index in [1.54, 1.807) is 23.1 Å². The van der Waals surface area contributed by atoms with Crippen LogP contribution in [-0.2, 0) is 9.59 Å². The van der Waals surface area contributed by atoms with Crippen molar-refractivity contribution in [2.75, 3.05) is 59.4 Å². The molecule has 2 aromatic carbocycles. The van der Waals surface area contributed by atoms with Gasteiger partial charge in [-0.15, -0.1) is 0 Å². The average Bonchev–Trinajstić information content (AvgIpc) is 3.13. The molecule has 0 bridgehead atoms. The Kier molecular flexibility index (Phi) is 8.98. The highest BCUT2D eigenvalue weighted by Gasteiger charge is 2.46. The fraction of sp³-hybridized carbons (Fsp3) is 0.429. The van der Waals surface area contributed by atoms with E-state index in [0.717, 1.165) is 30.9 Å². The van der Waals surface area contributed by atoms with Gasteiger partial charge in [0.1, 0.15) is 22.8 Å². The Balaban J connectivity index is 2.17. The Morgan fingerprint density at radius 1 is 0.972 bits per heavy atom. The molecule has 1 amide bonds. The van der Waals surface area contributed by atoms with E-state index in [1.807, 2.05) is 43.3 Å². The largest absolute Gasteiger partial charge is 0.506 e. The third kappa shape index (κ3) is 5.33. The van der Waals surface area contributed by atoms with Crippen LogP contribution in [0.4, 0.5) is 5.69 Å². The minimum atomic E-state index is -0.729. The molecule has 1 fully saturated rings. The monoisotopic (exact) mass is 495 g/mol. The molecule has 0 aliphatic carbocycles. The smallest absolute Gasteiger partial charge is 0.295 e. The van der Waals surface area contributed by atoms with Gasteiger partial charge in [-0.3, -0.25) is 9.59 Å². The van der Waals surface area contributed by atoms with Gasteiger partial charge in [-0.2, -0.15) is 0 Å². The van der Waals surface area contributed by atoms with Crippen LogP contribution in [0.3, 0.4) is 0 Å². The van der Waals surface area contributed by atoms with E-state index in [1.165, 1.54) is 14.2 Å². The second-order valence-electron chi connectivity index (χ2n) is 8.95. The summed E-state index contributed by atoms with van der Waals surface area (Å²) < 4.78 is 10.9. The third-order valence-electron chi connectivity index (χ3n) is 6.55. The second-order valence-corrected chi connectivity index (χ2v) is 8.95. The SMILES string of the molecule is CCN(CC)c1ccc(C2/C(=C(\O)c3c(OC)cccc3OC)C(=O)C(=O)N2CCCN(C)C)cc1. The zero-order chi connectivity index (χ0) is 26.4. The van der Waals surface area contributed by atoms with Crippen LogP contribution >= 0.6 is 0 Å². The van der Waals surface area contributed by atoms with Crippen LogP contribution in [0.15, 0.2) is 48.0 Å². The highest BCUT2D eigenvalue weighted by Crippen LogP contribution is 2.43. The molecule has 0 aromatic heterocycles. The molecule has 1 saturated heterocycles. The standard InChI is InChI=1S/C28H37N3O5/c1-7-30(8-2)20-15-13-19(14-16-20)25-24(27(33)28(34)31(25)18-10-17-29(3)4)26(32)23-21(35-5)11-9-12-22(23)36-6/h9,11-16,25,32H,7-8,10,17-18H2,1-6H3/b26-24+. The Bertz CT molecular complexity index is 1080. The zero-order valence-electron chi connectivity index (χ0n) is 22.1. The number of aliphatic hydroxyl groups excluding tert-OH is 1. The quantitative estimate of drug-likeness (QED) is 0.287. The number of anilines is 1. The number of ketones is 1. The summed E-state index contributed by atoms with van der Waals surface area (Å²) in [6.45, 7) is 7.07. The van der Waals surface area contributed by atoms with Crippen LogP contribution in [0, 0.1) is 0 Å². The summed E-state index contributed by atoms with van der Waals surface area (Å²) in [5.74, 6) is -0.955. The summed E-state index contributed by atoms with van der Waals surface area (Å²) in [5.41, 5.74) is 2.09. The predicted octanol–water partition coefficient (Wildman–Crippen LogP) is 3.92. The minimum absolute atomic E-state index is 0.0308. The van der Waals surface area contributed by atoms with Crippen LogP contribution in [0.5, 0.6) is 11.5 Å². The Morgan fingerprint density at radius 2 is 1.56 bits per heavy atom. The molecule has 194 valence electrons. The zero-order valence-corrected chi connectivity index (χ0v) is 22.1. The summed E-state index contributed by atoms with van der Waals surface area (Å²) in [4.78, 5) is 32.4. The van der Waals surface area contributed by atoms with E-state index in [2.05, 4.69) is 18.7 Å². The van der Waals surface area contributed by atoms with E-state index in [4.69, 9.17) is 9.47 Å². The molecule has 3 rings (SSSR count). The highest BCUT2D eigenvalue weighted by atomic mass is 16.5. The molecule has 1 atom stereocenters. The van der Waals surface area contributed by atoms with Gasteiger partial charge >= 0.3 is 0 Å². The van der Waals surface area contributed by atoms with Crippen molar-refractivity contribution < 1.29 is 24.2 Å². The first-order chi connectivity index (χ1) is 17.3. The molecule has 0 spiro atoms. The summed E-state index contributed by atoms with van der Waals surface area (Å²) in [6, 6.07) is 12.2. The van der Waals surface area contributed by atoms with Crippen LogP contribution in [0.2, 0.25) is 0 Å². The number of nitrogens with zero attached hydrogens (tertiary/aromatic N) is 3. The summed E-state index contributed by atoms with van der Waals surface area (Å²) in [7, 11) is 6.89. The van der Waals surface area contributed by atoms with Gasteiger partial charge in [-0.05, 0) is 70.7 Å². The van der Waals surface area contributed by atoms with Crippen LogP contribution in [0.1, 0.15) is 37.4 Å². The minimum Gasteiger partial charge on any atom is -0.506 e. The molecular weight excluding hydrogens is 458 g/mol. The van der Waals surface area contributed by atoms with Crippen molar-refractivity contribution in [1.82, 2.24) is 9.80 Å². The third-order valence-corrected chi connectivity index (χ3v) is 6.55. The number of carbonyl (C=O) groups excluding carboxylic acids is 2. The maximum absolute atomic E-state index is 13.4. The van der Waals surface area contributed by atoms with Gasteiger partial charge in [-0.25, -0.2) is 0 Å². The molecule has 1 aliphatic heterocycles. The summed E-state index contributed by atoms with van der Waals surface area (Å²) >= 11 is 0. The van der Waals surface area contributed by atoms with Gasteiger partial charge in [0.2, 0.25) is 0 Å². The van der Waals surface area contributed by atoms with E-state index in [0.29, 0.717) is 24.5 Å². The van der Waals surface area contributed by atoms with Crippen LogP contribution in [0.25, 0.3) is 5.76 Å². The predicted molar refractivity (Wildman–Crippen MR) is 142 cm³/mol. The normalized spacial score (nSPS) is 17.1. The lowest BCUT2D eigenvalue weighted by Crippen LogP contribution is -2.32. The molecule has 1 heterocycles. The molecular formula is C28H37N3O5. The molecule has 1 aliphatic rings. The van der Waals surface area contributed by atoms with Crippen molar-refractivity contribution in [3.8, 4) is 11.5 Å². The van der Waals surface area contributed by atoms with Crippen LogP contribution in [-0.4, -0.2) is 81.1 Å². The van der Waals surface area contributed by atoms with Crippen molar-refractivity contribution in [2.45, 2.75) is 26.3 Å². The molecule has 36 heavy (non-hydrogen) atoms. The number of rotatable bonds is 11. The lowest BCUT2D eigenvalue weighted by Gasteiger charge is -2.27. The topological polar surface area (TPSA) is 82.5 Å². The van der Waals surface area contributed by atoms with Gasteiger partial charge < -0.3 is 29.3 Å². The molecule has 0 saturated carbocycles. The van der Waals surface area contributed by atoms with E-state index >= 15 is 0 Å². The van der Waals surface area contributed by atoms with Gasteiger partial charge in [0, 0.05) is 25.3 Å². The number of aliphatic hydroxyl groups is 1. The van der Waals surface area contributed by atoms with E-state index in [9.17, 15) is 14.7 Å². The number of hydrogen-bond donors (Lipinski definition) is 1. The fourth-order valence-electron chi connectivity index (χ4n) is 4.69. The number of benzene rings is 2. The first-order valence-corrected chi connectivity index (χ1v) is 12.3. The maximum atomic E-state index is 13.4. The van der Waals surface area contributed by atoms with Gasteiger partial charge in [0.25, 0.3) is 11.7 Å². The molecule has 8 nitrogen and oxygen atoms in total. The molecule has 1 N–H and O–H groups in total. The number of Topliss-reactive ketones (excluding diaryl/α,β-unsaturated/α-hetero) is 1. The van der Waals surface area contributed by atoms with Gasteiger partial charge in [-0.1, -0.05) is 18.2 Å². The van der Waals surface area contributed by atoms with Gasteiger partial charge in [0.15, 0.2) is 0 Å². The van der Waals surface area contributed by atoms with E-state index < -0.39 is 17.7 Å². The van der Waals surface area contributed by atoms with Crippen molar-refractivity contribution in [2.24, 2.45) is 0 Å². The Labute approximate surface area is 213 Å². The first-order valence-electron chi connectivity index (χ1n) is 12.3.